The van der Waals surface area contributed by atoms with E-state index in [-0.39, 0.29) is 35.0 Å². The third-order valence-corrected chi connectivity index (χ3v) is 6.69. The first-order valence-corrected chi connectivity index (χ1v) is 11.6. The van der Waals surface area contributed by atoms with Gasteiger partial charge in [-0.1, -0.05) is 35.3 Å². The highest BCUT2D eigenvalue weighted by molar-refractivity contribution is 6.34. The molecule has 2 aliphatic rings. The molecule has 2 bridgehead atoms. The summed E-state index contributed by atoms with van der Waals surface area (Å²) in [5.74, 6) is -0.155. The van der Waals surface area contributed by atoms with Crippen LogP contribution in [-0.4, -0.2) is 55.2 Å². The van der Waals surface area contributed by atoms with Crippen molar-refractivity contribution in [3.8, 4) is 5.75 Å². The average molecular weight is 492 g/mol. The molecule has 0 aromatic heterocycles. The summed E-state index contributed by atoms with van der Waals surface area (Å²) in [5, 5.41) is 6.80. The fourth-order valence-electron chi connectivity index (χ4n) is 4.61. The molecular weight excluding hydrogens is 465 g/mol. The maximum Gasteiger partial charge on any atom is 0.255 e. The van der Waals surface area contributed by atoms with Crippen molar-refractivity contribution >= 4 is 40.7 Å². The number of benzene rings is 2. The van der Waals surface area contributed by atoms with E-state index in [0.717, 1.165) is 24.4 Å². The number of carbonyl (C=O) groups excluding carboxylic acids is 2. The fraction of sp³-hybridized carbons (Fsp3) is 0.417. The maximum absolute atomic E-state index is 13.1. The standard InChI is InChI=1S/C24H27Cl2N3O4/c1-14(30)27-22-10-23(32-2)20(9-21(22)26)24(31)28-17-7-18-12-33-13-19(8-17)29(18)11-15-3-5-16(25)6-4-15/h3-6,9-10,17-19H,7-8,11-13H2,1-2H3,(H,27,30)(H,28,31). The van der Waals surface area contributed by atoms with Crippen LogP contribution < -0.4 is 15.4 Å². The van der Waals surface area contributed by atoms with E-state index in [1.807, 2.05) is 24.3 Å². The van der Waals surface area contributed by atoms with Gasteiger partial charge in [-0.3, -0.25) is 14.5 Å². The number of methoxy groups -OCH3 is 1. The molecule has 2 N–H and O–H groups in total. The zero-order valence-electron chi connectivity index (χ0n) is 18.6. The summed E-state index contributed by atoms with van der Waals surface area (Å²) in [7, 11) is 1.48. The molecule has 2 fully saturated rings. The van der Waals surface area contributed by atoms with E-state index in [1.54, 1.807) is 6.07 Å². The highest BCUT2D eigenvalue weighted by Crippen LogP contribution is 2.33. The van der Waals surface area contributed by atoms with E-state index in [4.69, 9.17) is 32.7 Å². The van der Waals surface area contributed by atoms with Gasteiger partial charge in [0, 0.05) is 42.7 Å². The van der Waals surface area contributed by atoms with E-state index < -0.39 is 0 Å². The van der Waals surface area contributed by atoms with Gasteiger partial charge in [0.05, 0.1) is 36.6 Å². The number of morpholine rings is 1. The molecule has 7 nitrogen and oxygen atoms in total. The predicted octanol–water partition coefficient (Wildman–Crippen LogP) is 4.12. The summed E-state index contributed by atoms with van der Waals surface area (Å²) in [4.78, 5) is 27.0. The lowest BCUT2D eigenvalue weighted by Gasteiger charge is -2.48. The molecule has 0 aliphatic carbocycles. The van der Waals surface area contributed by atoms with Crippen LogP contribution in [0, 0.1) is 0 Å². The van der Waals surface area contributed by atoms with Crippen LogP contribution in [0.2, 0.25) is 10.0 Å². The largest absolute Gasteiger partial charge is 0.496 e. The summed E-state index contributed by atoms with van der Waals surface area (Å²) < 4.78 is 11.2. The number of piperidine rings is 1. The second-order valence-electron chi connectivity index (χ2n) is 8.50. The number of halogens is 2. The van der Waals surface area contributed by atoms with Crippen LogP contribution in [0.1, 0.15) is 35.7 Å². The lowest BCUT2D eigenvalue weighted by molar-refractivity contribution is -0.114. The molecule has 9 heteroatoms. The lowest BCUT2D eigenvalue weighted by atomic mass is 9.89. The summed E-state index contributed by atoms with van der Waals surface area (Å²) in [6.45, 7) is 3.49. The summed E-state index contributed by atoms with van der Waals surface area (Å²) >= 11 is 12.3. The Morgan fingerprint density at radius 1 is 1.12 bits per heavy atom. The highest BCUT2D eigenvalue weighted by Gasteiger charge is 2.39. The molecule has 33 heavy (non-hydrogen) atoms. The number of nitrogens with one attached hydrogen (secondary N) is 2. The minimum Gasteiger partial charge on any atom is -0.496 e. The number of hydrogen-bond acceptors (Lipinski definition) is 5. The van der Waals surface area contributed by atoms with Crippen molar-refractivity contribution in [3.05, 3.63) is 57.6 Å². The van der Waals surface area contributed by atoms with Crippen LogP contribution in [-0.2, 0) is 16.1 Å². The number of anilines is 1. The second kappa shape index (κ2) is 10.3. The van der Waals surface area contributed by atoms with Crippen LogP contribution in [0.5, 0.6) is 5.75 Å². The normalized spacial score (nSPS) is 22.5. The topological polar surface area (TPSA) is 79.9 Å². The van der Waals surface area contributed by atoms with E-state index in [9.17, 15) is 9.59 Å². The van der Waals surface area contributed by atoms with Gasteiger partial charge in [0.15, 0.2) is 0 Å². The summed E-state index contributed by atoms with van der Waals surface area (Å²) in [5.41, 5.74) is 1.94. The van der Waals surface area contributed by atoms with E-state index >= 15 is 0 Å². The smallest absolute Gasteiger partial charge is 0.255 e. The molecule has 2 heterocycles. The summed E-state index contributed by atoms with van der Waals surface area (Å²) in [6, 6.07) is 11.4. The van der Waals surface area contributed by atoms with Gasteiger partial charge in [0.25, 0.3) is 5.91 Å². The van der Waals surface area contributed by atoms with E-state index in [1.165, 1.54) is 25.7 Å². The highest BCUT2D eigenvalue weighted by atomic mass is 35.5. The van der Waals surface area contributed by atoms with Gasteiger partial charge < -0.3 is 20.1 Å². The van der Waals surface area contributed by atoms with Gasteiger partial charge in [0.2, 0.25) is 5.91 Å². The first-order chi connectivity index (χ1) is 15.8. The lowest BCUT2D eigenvalue weighted by Crippen LogP contribution is -2.60. The average Bonchev–Trinajstić information content (AvgIpc) is 2.76. The van der Waals surface area contributed by atoms with Crippen molar-refractivity contribution in [1.82, 2.24) is 10.2 Å². The molecule has 0 radical (unpaired) electrons. The number of ether oxygens (including phenoxy) is 2. The third-order valence-electron chi connectivity index (χ3n) is 6.13. The molecule has 2 saturated heterocycles. The Kier molecular flexibility index (Phi) is 7.44. The van der Waals surface area contributed by atoms with Crippen LogP contribution in [0.25, 0.3) is 0 Å². The Bertz CT molecular complexity index is 1020. The Morgan fingerprint density at radius 2 is 1.79 bits per heavy atom. The molecule has 0 spiro atoms. The van der Waals surface area contributed by atoms with Crippen molar-refractivity contribution in [2.75, 3.05) is 25.6 Å². The van der Waals surface area contributed by atoms with E-state index in [2.05, 4.69) is 15.5 Å². The van der Waals surface area contributed by atoms with Crippen LogP contribution >= 0.6 is 23.2 Å². The Labute approximate surface area is 203 Å². The Balaban J connectivity index is 1.45. The number of hydrogen-bond donors (Lipinski definition) is 2. The molecule has 2 atom stereocenters. The number of amides is 2. The number of nitrogens with zero attached hydrogens (tertiary/aromatic N) is 1. The Morgan fingerprint density at radius 3 is 2.39 bits per heavy atom. The van der Waals surface area contributed by atoms with Gasteiger partial charge in [-0.05, 0) is 36.6 Å². The minimum absolute atomic E-state index is 0.0105. The first-order valence-electron chi connectivity index (χ1n) is 10.9. The number of fused-ring (bicyclic) bond motifs is 2. The van der Waals surface area contributed by atoms with Gasteiger partial charge in [-0.15, -0.1) is 0 Å². The molecule has 2 amide bonds. The third kappa shape index (κ3) is 5.61. The predicted molar refractivity (Wildman–Crippen MR) is 128 cm³/mol. The molecule has 2 unspecified atom stereocenters. The molecular formula is C24H27Cl2N3O4. The molecule has 0 saturated carbocycles. The Hall–Kier alpha value is -2.32. The van der Waals surface area contributed by atoms with Gasteiger partial charge in [-0.2, -0.15) is 0 Å². The monoisotopic (exact) mass is 491 g/mol. The van der Waals surface area contributed by atoms with Gasteiger partial charge in [-0.25, -0.2) is 0 Å². The van der Waals surface area contributed by atoms with Gasteiger partial charge in [0.1, 0.15) is 5.75 Å². The molecule has 4 rings (SSSR count). The molecule has 2 aliphatic heterocycles. The molecule has 176 valence electrons. The molecule has 2 aromatic rings. The minimum atomic E-state index is -0.254. The zero-order valence-corrected chi connectivity index (χ0v) is 20.1. The van der Waals surface area contributed by atoms with Crippen LogP contribution in [0.4, 0.5) is 5.69 Å². The number of rotatable bonds is 6. The van der Waals surface area contributed by atoms with Crippen LogP contribution in [0.15, 0.2) is 36.4 Å². The van der Waals surface area contributed by atoms with Crippen LogP contribution in [0.3, 0.4) is 0 Å². The van der Waals surface area contributed by atoms with E-state index in [0.29, 0.717) is 30.2 Å². The molecule has 2 aromatic carbocycles. The maximum atomic E-state index is 13.1. The second-order valence-corrected chi connectivity index (χ2v) is 9.34. The van der Waals surface area contributed by atoms with Crippen molar-refractivity contribution in [1.29, 1.82) is 0 Å². The van der Waals surface area contributed by atoms with Crippen molar-refractivity contribution in [2.45, 2.75) is 44.4 Å². The van der Waals surface area contributed by atoms with Gasteiger partial charge >= 0.3 is 0 Å². The summed E-state index contributed by atoms with van der Waals surface area (Å²) in [6.07, 6.45) is 1.58. The van der Waals surface area contributed by atoms with Crippen molar-refractivity contribution in [2.24, 2.45) is 0 Å². The SMILES string of the molecule is COc1cc(NC(C)=O)c(Cl)cc1C(=O)NC1CC2COCC(C1)N2Cc1ccc(Cl)cc1. The first kappa shape index (κ1) is 23.8. The van der Waals surface area contributed by atoms with Crippen molar-refractivity contribution in [3.63, 3.8) is 0 Å². The quantitative estimate of drug-likeness (QED) is 0.635. The number of carbonyl (C=O) groups is 2. The zero-order chi connectivity index (χ0) is 23.5. The fourth-order valence-corrected chi connectivity index (χ4v) is 4.95. The van der Waals surface area contributed by atoms with Crippen molar-refractivity contribution < 1.29 is 19.1 Å².